The molecule has 0 saturated carbocycles. The number of aromatic amines is 1. The van der Waals surface area contributed by atoms with Gasteiger partial charge in [0.1, 0.15) is 11.4 Å². The largest absolute Gasteiger partial charge is 0.497 e. The highest BCUT2D eigenvalue weighted by Crippen LogP contribution is 2.36. The number of rotatable bonds is 5. The van der Waals surface area contributed by atoms with E-state index in [-0.39, 0.29) is 5.91 Å². The number of methoxy groups -OCH3 is 1. The van der Waals surface area contributed by atoms with E-state index < -0.39 is 0 Å². The normalized spacial score (nSPS) is 12.6. The molecule has 0 bridgehead atoms. The molecule has 1 aromatic heterocycles. The van der Waals surface area contributed by atoms with E-state index in [2.05, 4.69) is 51.1 Å². The van der Waals surface area contributed by atoms with Crippen molar-refractivity contribution in [1.29, 1.82) is 0 Å². The average molecular weight is 396 g/mol. The van der Waals surface area contributed by atoms with Crippen molar-refractivity contribution in [2.75, 3.05) is 7.11 Å². The highest BCUT2D eigenvalue weighted by molar-refractivity contribution is 6.02. The van der Waals surface area contributed by atoms with E-state index >= 15 is 0 Å². The molecule has 6 nitrogen and oxygen atoms in total. The van der Waals surface area contributed by atoms with Crippen molar-refractivity contribution in [2.24, 2.45) is 5.10 Å². The molecule has 0 aliphatic heterocycles. The third-order valence-electron chi connectivity index (χ3n) is 5.47. The second-order valence-corrected chi connectivity index (χ2v) is 7.25. The summed E-state index contributed by atoms with van der Waals surface area (Å²) >= 11 is 0. The molecule has 2 N–H and O–H groups in total. The Kier molecular flexibility index (Phi) is 4.52. The number of carbonyl (C=O) groups excluding carboxylic acids is 1. The number of hydrazone groups is 1. The molecule has 3 aromatic carbocycles. The lowest BCUT2D eigenvalue weighted by atomic mass is 9.98. The van der Waals surface area contributed by atoms with Gasteiger partial charge in [-0.25, -0.2) is 5.43 Å². The number of hydrogen-bond donors (Lipinski definition) is 2. The quantitative estimate of drug-likeness (QED) is 0.394. The average Bonchev–Trinajstić information content (AvgIpc) is 3.43. The van der Waals surface area contributed by atoms with E-state index in [9.17, 15) is 4.79 Å². The van der Waals surface area contributed by atoms with Gasteiger partial charge in [0.15, 0.2) is 0 Å². The maximum absolute atomic E-state index is 12.4. The van der Waals surface area contributed by atoms with Crippen LogP contribution in [0.15, 0.2) is 65.8 Å². The van der Waals surface area contributed by atoms with Crippen LogP contribution in [0.2, 0.25) is 0 Å². The van der Waals surface area contributed by atoms with Gasteiger partial charge >= 0.3 is 0 Å². The minimum Gasteiger partial charge on any atom is -0.497 e. The van der Waals surface area contributed by atoms with Crippen LogP contribution in [0.3, 0.4) is 0 Å². The number of amides is 1. The van der Waals surface area contributed by atoms with Crippen molar-refractivity contribution in [2.45, 2.75) is 12.8 Å². The van der Waals surface area contributed by atoms with E-state index in [0.717, 1.165) is 35.4 Å². The van der Waals surface area contributed by atoms with Crippen LogP contribution in [0.5, 0.6) is 5.75 Å². The summed E-state index contributed by atoms with van der Waals surface area (Å²) in [5, 5.41) is 13.7. The van der Waals surface area contributed by atoms with Crippen molar-refractivity contribution in [1.82, 2.24) is 15.6 Å². The molecule has 1 amide bonds. The van der Waals surface area contributed by atoms with Crippen LogP contribution in [0.4, 0.5) is 0 Å². The summed E-state index contributed by atoms with van der Waals surface area (Å²) in [6.07, 6.45) is 3.74. The van der Waals surface area contributed by atoms with E-state index in [1.54, 1.807) is 19.4 Å². The lowest BCUT2D eigenvalue weighted by Gasteiger charge is -2.06. The molecule has 0 atom stereocenters. The standard InChI is InChI=1S/C24H20N4O2/c1-30-18-10-5-15(6-11-18)14-25-28-24(29)22-13-21(26-27-22)19-12-9-17-8-7-16-3-2-4-20(19)23(16)17/h2-6,9-14H,7-8H2,1H3,(H,26,27)(H,28,29)/b25-14+. The van der Waals surface area contributed by atoms with Crippen LogP contribution in [-0.4, -0.2) is 29.4 Å². The number of aromatic nitrogens is 2. The lowest BCUT2D eigenvalue weighted by molar-refractivity contribution is 0.0950. The smallest absolute Gasteiger partial charge is 0.289 e. The molecule has 5 rings (SSSR count). The Morgan fingerprint density at radius 3 is 2.70 bits per heavy atom. The highest BCUT2D eigenvalue weighted by atomic mass is 16.5. The van der Waals surface area contributed by atoms with E-state index in [1.807, 2.05) is 24.3 Å². The van der Waals surface area contributed by atoms with E-state index in [4.69, 9.17) is 4.74 Å². The van der Waals surface area contributed by atoms with Gasteiger partial charge in [-0.15, -0.1) is 0 Å². The highest BCUT2D eigenvalue weighted by Gasteiger charge is 2.18. The van der Waals surface area contributed by atoms with Crippen LogP contribution < -0.4 is 10.2 Å². The number of ether oxygens (including phenoxy) is 1. The molecule has 30 heavy (non-hydrogen) atoms. The third kappa shape index (κ3) is 3.22. The van der Waals surface area contributed by atoms with Gasteiger partial charge in [0.25, 0.3) is 5.91 Å². The zero-order valence-corrected chi connectivity index (χ0v) is 16.5. The van der Waals surface area contributed by atoms with Gasteiger partial charge in [-0.2, -0.15) is 10.2 Å². The second-order valence-electron chi connectivity index (χ2n) is 7.25. The summed E-state index contributed by atoms with van der Waals surface area (Å²) in [5.41, 5.74) is 8.28. The number of aryl methyl sites for hydroxylation is 2. The summed E-state index contributed by atoms with van der Waals surface area (Å²) in [7, 11) is 1.62. The van der Waals surface area contributed by atoms with Gasteiger partial charge < -0.3 is 4.74 Å². The predicted molar refractivity (Wildman–Crippen MR) is 117 cm³/mol. The van der Waals surface area contributed by atoms with Crippen LogP contribution in [0.25, 0.3) is 22.0 Å². The molecule has 1 aliphatic rings. The minimum atomic E-state index is -0.343. The number of H-pyrrole nitrogens is 1. The molecule has 1 aliphatic carbocycles. The van der Waals surface area contributed by atoms with Crippen molar-refractivity contribution in [3.63, 3.8) is 0 Å². The fraction of sp³-hybridized carbons (Fsp3) is 0.125. The molecule has 0 radical (unpaired) electrons. The summed E-state index contributed by atoms with van der Waals surface area (Å²) in [5.74, 6) is 0.425. The van der Waals surface area contributed by atoms with Crippen LogP contribution in [-0.2, 0) is 12.8 Å². The SMILES string of the molecule is COc1ccc(/C=N/NC(=O)c2cc(-c3ccc4c5c(cccc35)CC4)n[nH]2)cc1. The first-order valence-corrected chi connectivity index (χ1v) is 9.79. The molecule has 0 fully saturated rings. The Labute approximate surface area is 173 Å². The van der Waals surface area contributed by atoms with E-state index in [1.165, 1.54) is 21.9 Å². The topological polar surface area (TPSA) is 79.4 Å². The van der Waals surface area contributed by atoms with Crippen LogP contribution in [0.1, 0.15) is 27.2 Å². The second kappa shape index (κ2) is 7.48. The minimum absolute atomic E-state index is 0.343. The Bertz CT molecular complexity index is 1260. The summed E-state index contributed by atoms with van der Waals surface area (Å²) in [4.78, 5) is 12.4. The number of hydrogen-bond acceptors (Lipinski definition) is 4. The Balaban J connectivity index is 1.35. The predicted octanol–water partition coefficient (Wildman–Crippen LogP) is 4.10. The zero-order chi connectivity index (χ0) is 20.5. The first kappa shape index (κ1) is 18.1. The molecular formula is C24H20N4O2. The number of nitrogens with one attached hydrogen (secondary N) is 2. The van der Waals surface area contributed by atoms with Crippen LogP contribution in [0, 0.1) is 0 Å². The van der Waals surface area contributed by atoms with Gasteiger partial charge in [0, 0.05) is 5.56 Å². The number of nitrogens with zero attached hydrogens (tertiary/aromatic N) is 2. The lowest BCUT2D eigenvalue weighted by Crippen LogP contribution is -2.17. The molecule has 148 valence electrons. The molecule has 0 spiro atoms. The third-order valence-corrected chi connectivity index (χ3v) is 5.47. The Morgan fingerprint density at radius 1 is 1.10 bits per heavy atom. The maximum Gasteiger partial charge on any atom is 0.289 e. The van der Waals surface area contributed by atoms with Gasteiger partial charge in [-0.3, -0.25) is 9.89 Å². The van der Waals surface area contributed by atoms with Gasteiger partial charge in [0.05, 0.1) is 19.0 Å². The maximum atomic E-state index is 12.4. The van der Waals surface area contributed by atoms with Crippen molar-refractivity contribution in [3.05, 3.63) is 83.0 Å². The van der Waals surface area contributed by atoms with Gasteiger partial charge in [0.2, 0.25) is 0 Å². The Hall–Kier alpha value is -3.93. The molecule has 6 heteroatoms. The van der Waals surface area contributed by atoms with E-state index in [0.29, 0.717) is 5.69 Å². The molecule has 4 aromatic rings. The van der Waals surface area contributed by atoms with Gasteiger partial charge in [-0.1, -0.05) is 30.3 Å². The van der Waals surface area contributed by atoms with Crippen LogP contribution >= 0.6 is 0 Å². The fourth-order valence-electron chi connectivity index (χ4n) is 3.96. The number of carbonyl (C=O) groups is 1. The molecule has 0 unspecified atom stereocenters. The van der Waals surface area contributed by atoms with Crippen molar-refractivity contribution in [3.8, 4) is 17.0 Å². The van der Waals surface area contributed by atoms with Gasteiger partial charge in [-0.05, 0) is 70.6 Å². The van der Waals surface area contributed by atoms with Crippen molar-refractivity contribution >= 4 is 22.9 Å². The molecule has 0 saturated heterocycles. The molecular weight excluding hydrogens is 376 g/mol. The monoisotopic (exact) mass is 396 g/mol. The first-order chi connectivity index (χ1) is 14.7. The summed E-state index contributed by atoms with van der Waals surface area (Å²) < 4.78 is 5.13. The zero-order valence-electron chi connectivity index (χ0n) is 16.5. The summed E-state index contributed by atoms with van der Waals surface area (Å²) in [6.45, 7) is 0. The first-order valence-electron chi connectivity index (χ1n) is 9.79. The molecule has 1 heterocycles. The Morgan fingerprint density at radius 2 is 1.90 bits per heavy atom. The van der Waals surface area contributed by atoms with Crippen molar-refractivity contribution < 1.29 is 9.53 Å². The fourth-order valence-corrected chi connectivity index (χ4v) is 3.96. The summed E-state index contributed by atoms with van der Waals surface area (Å²) in [6, 6.07) is 19.8. The number of benzene rings is 3.